The number of hydrogen-bond acceptors (Lipinski definition) is 8. The van der Waals surface area contributed by atoms with E-state index >= 15 is 0 Å². The van der Waals surface area contributed by atoms with Crippen molar-refractivity contribution in [1.82, 2.24) is 14.9 Å². The fourth-order valence-corrected chi connectivity index (χ4v) is 3.89. The molecule has 0 bridgehead atoms. The van der Waals surface area contributed by atoms with E-state index in [9.17, 15) is 14.4 Å². The van der Waals surface area contributed by atoms with E-state index in [1.165, 1.54) is 7.11 Å². The number of piperazine rings is 1. The lowest BCUT2D eigenvalue weighted by molar-refractivity contribution is -0.141. The van der Waals surface area contributed by atoms with Crippen LogP contribution in [0.2, 0.25) is 10.0 Å². The van der Waals surface area contributed by atoms with E-state index in [1.54, 1.807) is 24.0 Å². The number of carbonyl (C=O) groups excluding carboxylic acids is 3. The second-order valence-electron chi connectivity index (χ2n) is 7.52. The average Bonchev–Trinajstić information content (AvgIpc) is 2.81. The van der Waals surface area contributed by atoms with Gasteiger partial charge in [0.15, 0.2) is 11.5 Å². The van der Waals surface area contributed by atoms with Crippen LogP contribution in [-0.4, -0.2) is 72.6 Å². The third-order valence-electron chi connectivity index (χ3n) is 5.34. The molecule has 0 N–H and O–H groups in total. The Kier molecular flexibility index (Phi) is 8.68. The topological polar surface area (TPSA) is 102 Å². The minimum atomic E-state index is -0.572. The molecule has 0 saturated carbocycles. The summed E-state index contributed by atoms with van der Waals surface area (Å²) in [7, 11) is 1.35. The number of rotatable bonds is 8. The van der Waals surface area contributed by atoms with Gasteiger partial charge in [-0.15, -0.1) is 0 Å². The van der Waals surface area contributed by atoms with E-state index in [0.717, 1.165) is 0 Å². The predicted molar refractivity (Wildman–Crippen MR) is 125 cm³/mol. The lowest BCUT2D eigenvalue weighted by Gasteiger charge is -2.36. The molecule has 0 aliphatic carbocycles. The van der Waals surface area contributed by atoms with Gasteiger partial charge in [0.2, 0.25) is 5.91 Å². The zero-order valence-corrected chi connectivity index (χ0v) is 20.1. The van der Waals surface area contributed by atoms with Crippen molar-refractivity contribution < 1.29 is 23.9 Å². The lowest BCUT2D eigenvalue weighted by Crippen LogP contribution is -2.49. The van der Waals surface area contributed by atoms with Gasteiger partial charge in [0.1, 0.15) is 0 Å². The molecule has 33 heavy (non-hydrogen) atoms. The Bertz CT molecular complexity index is 1040. The molecule has 0 unspecified atom stereocenters. The first kappa shape index (κ1) is 25.0. The molecule has 1 aromatic carbocycles. The molecule has 1 saturated heterocycles. The highest BCUT2D eigenvalue weighted by molar-refractivity contribution is 6.42. The van der Waals surface area contributed by atoms with Gasteiger partial charge in [0.05, 0.1) is 34.8 Å². The third kappa shape index (κ3) is 6.23. The number of ether oxygens (including phenoxy) is 2. The van der Waals surface area contributed by atoms with E-state index in [-0.39, 0.29) is 24.2 Å². The minimum absolute atomic E-state index is 0.0381. The van der Waals surface area contributed by atoms with Crippen LogP contribution in [0.25, 0.3) is 11.0 Å². The smallest absolute Gasteiger partial charge is 0.360 e. The van der Waals surface area contributed by atoms with Crippen molar-refractivity contribution in [2.75, 3.05) is 44.8 Å². The first-order chi connectivity index (χ1) is 15.8. The highest BCUT2D eigenvalue weighted by Gasteiger charge is 2.27. The third-order valence-corrected chi connectivity index (χ3v) is 6.06. The van der Waals surface area contributed by atoms with Crippen molar-refractivity contribution in [3.63, 3.8) is 0 Å². The number of fused-ring (bicyclic) bond motifs is 1. The minimum Gasteiger partial charge on any atom is -0.469 e. The summed E-state index contributed by atoms with van der Waals surface area (Å²) in [6.45, 7) is 3.87. The fourth-order valence-electron chi connectivity index (χ4n) is 3.57. The van der Waals surface area contributed by atoms with Gasteiger partial charge in [0, 0.05) is 39.0 Å². The van der Waals surface area contributed by atoms with E-state index in [0.29, 0.717) is 78.8 Å². The average molecular weight is 497 g/mol. The molecule has 3 rings (SSSR count). The standard InChI is InChI=1S/C22H26Cl2N4O5/c1-3-33-22(31)20-21(26-17-13-15(24)14(23)12-16(17)25-20)28-10-8-27(9-11-28)18(29)6-4-5-7-19(30)32-2/h12-13H,3-11H2,1-2H3. The Labute approximate surface area is 201 Å². The van der Waals surface area contributed by atoms with Crippen LogP contribution in [-0.2, 0) is 19.1 Å². The van der Waals surface area contributed by atoms with Crippen LogP contribution in [0.1, 0.15) is 43.1 Å². The summed E-state index contributed by atoms with van der Waals surface area (Å²) >= 11 is 12.2. The second kappa shape index (κ2) is 11.5. The molecule has 1 aliphatic rings. The lowest BCUT2D eigenvalue weighted by atomic mass is 10.1. The van der Waals surface area contributed by atoms with E-state index < -0.39 is 5.97 Å². The summed E-state index contributed by atoms with van der Waals surface area (Å²) in [6.07, 6.45) is 1.92. The number of unbranched alkanes of at least 4 members (excludes halogenated alkanes) is 1. The van der Waals surface area contributed by atoms with Gasteiger partial charge in [-0.05, 0) is 31.9 Å². The van der Waals surface area contributed by atoms with Gasteiger partial charge >= 0.3 is 11.9 Å². The molecule has 1 fully saturated rings. The highest BCUT2D eigenvalue weighted by atomic mass is 35.5. The van der Waals surface area contributed by atoms with Crippen molar-refractivity contribution in [1.29, 1.82) is 0 Å². The summed E-state index contributed by atoms with van der Waals surface area (Å²) in [6, 6.07) is 3.17. The number of aromatic nitrogens is 2. The monoisotopic (exact) mass is 496 g/mol. The van der Waals surface area contributed by atoms with E-state index in [2.05, 4.69) is 14.7 Å². The molecule has 1 aliphatic heterocycles. The molecule has 9 nitrogen and oxygen atoms in total. The van der Waals surface area contributed by atoms with Crippen LogP contribution in [0, 0.1) is 0 Å². The van der Waals surface area contributed by atoms with Gasteiger partial charge in [-0.2, -0.15) is 0 Å². The summed E-state index contributed by atoms with van der Waals surface area (Å²) in [5, 5.41) is 0.663. The van der Waals surface area contributed by atoms with Gasteiger partial charge < -0.3 is 19.3 Å². The van der Waals surface area contributed by atoms with Gasteiger partial charge in [-0.25, -0.2) is 14.8 Å². The number of benzene rings is 1. The van der Waals surface area contributed by atoms with Crippen molar-refractivity contribution in [3.8, 4) is 0 Å². The number of nitrogens with zero attached hydrogens (tertiary/aromatic N) is 4. The first-order valence-electron chi connectivity index (χ1n) is 10.8. The number of halogens is 2. The molecule has 11 heteroatoms. The quantitative estimate of drug-likeness (QED) is 0.404. The van der Waals surface area contributed by atoms with Crippen LogP contribution < -0.4 is 4.90 Å². The normalized spacial score (nSPS) is 13.8. The number of carbonyl (C=O) groups is 3. The fraction of sp³-hybridized carbons (Fsp3) is 0.500. The maximum absolute atomic E-state index is 12.6. The number of hydrogen-bond donors (Lipinski definition) is 0. The molecule has 0 spiro atoms. The number of methoxy groups -OCH3 is 1. The van der Waals surface area contributed by atoms with E-state index in [4.69, 9.17) is 27.9 Å². The summed E-state index contributed by atoms with van der Waals surface area (Å²) in [4.78, 5) is 49.1. The summed E-state index contributed by atoms with van der Waals surface area (Å²) < 4.78 is 9.79. The zero-order valence-electron chi connectivity index (χ0n) is 18.6. The maximum Gasteiger partial charge on any atom is 0.360 e. The Hall–Kier alpha value is -2.65. The van der Waals surface area contributed by atoms with Crippen molar-refractivity contribution in [3.05, 3.63) is 27.9 Å². The SMILES string of the molecule is CCOC(=O)c1nc2cc(Cl)c(Cl)cc2nc1N1CCN(C(=O)CCCCC(=O)OC)CC1. The molecule has 0 atom stereocenters. The van der Waals surface area contributed by atoms with Gasteiger partial charge in [-0.3, -0.25) is 9.59 Å². The van der Waals surface area contributed by atoms with Crippen LogP contribution in [0.3, 0.4) is 0 Å². The molecule has 1 amide bonds. The Morgan fingerprint density at radius 2 is 1.58 bits per heavy atom. The van der Waals surface area contributed by atoms with E-state index in [1.807, 2.05) is 4.90 Å². The highest BCUT2D eigenvalue weighted by Crippen LogP contribution is 2.29. The Morgan fingerprint density at radius 1 is 0.970 bits per heavy atom. The molecule has 178 valence electrons. The summed E-state index contributed by atoms with van der Waals surface area (Å²) in [5.41, 5.74) is 1.05. The van der Waals surface area contributed by atoms with Crippen molar-refractivity contribution in [2.45, 2.75) is 32.6 Å². The van der Waals surface area contributed by atoms with Crippen LogP contribution in [0.4, 0.5) is 5.82 Å². The van der Waals surface area contributed by atoms with Crippen molar-refractivity contribution in [2.24, 2.45) is 0 Å². The number of anilines is 1. The largest absolute Gasteiger partial charge is 0.469 e. The van der Waals surface area contributed by atoms with Crippen LogP contribution >= 0.6 is 23.2 Å². The second-order valence-corrected chi connectivity index (χ2v) is 8.34. The molecular formula is C22H26Cl2N4O5. The first-order valence-corrected chi connectivity index (χ1v) is 11.5. The molecule has 2 aromatic rings. The molecule has 2 heterocycles. The number of esters is 2. The maximum atomic E-state index is 12.6. The Balaban J connectivity index is 1.71. The van der Waals surface area contributed by atoms with Crippen LogP contribution in [0.15, 0.2) is 12.1 Å². The zero-order chi connectivity index (χ0) is 24.0. The molecule has 1 aromatic heterocycles. The molecule has 0 radical (unpaired) electrons. The number of amides is 1. The van der Waals surface area contributed by atoms with Gasteiger partial charge in [0.25, 0.3) is 0 Å². The summed E-state index contributed by atoms with van der Waals surface area (Å²) in [5.74, 6) is -0.411. The Morgan fingerprint density at radius 3 is 2.18 bits per heavy atom. The van der Waals surface area contributed by atoms with Gasteiger partial charge in [-0.1, -0.05) is 23.2 Å². The predicted octanol–water partition coefficient (Wildman–Crippen LogP) is 3.50. The van der Waals surface area contributed by atoms with Crippen molar-refractivity contribution >= 4 is 57.9 Å². The molecular weight excluding hydrogens is 471 g/mol. The van der Waals surface area contributed by atoms with Crippen LogP contribution in [0.5, 0.6) is 0 Å².